The maximum Gasteiger partial charge on any atom is 0.224 e. The predicted molar refractivity (Wildman–Crippen MR) is 74.6 cm³/mol. The van der Waals surface area contributed by atoms with Crippen LogP contribution < -0.4 is 10.6 Å². The van der Waals surface area contributed by atoms with Crippen LogP contribution in [0.1, 0.15) is 37.7 Å². The van der Waals surface area contributed by atoms with Crippen LogP contribution in [0.4, 0.5) is 10.1 Å². The predicted octanol–water partition coefficient (Wildman–Crippen LogP) is 2.56. The molecule has 1 saturated heterocycles. The zero-order valence-electron chi connectivity index (χ0n) is 11.3. The quantitative estimate of drug-likeness (QED) is 0.887. The van der Waals surface area contributed by atoms with E-state index in [1.807, 2.05) is 0 Å². The summed E-state index contributed by atoms with van der Waals surface area (Å²) in [5, 5.41) is 14.9. The normalized spacial score (nSPS) is 18.3. The number of carbonyl (C=O) groups excluding carboxylic acids is 1. The minimum absolute atomic E-state index is 0.114. The van der Waals surface area contributed by atoms with Crippen LogP contribution >= 0.6 is 0 Å². The van der Waals surface area contributed by atoms with Gasteiger partial charge in [0, 0.05) is 12.5 Å². The van der Waals surface area contributed by atoms with Gasteiger partial charge in [-0.1, -0.05) is 12.5 Å². The minimum Gasteiger partial charge on any atom is -0.325 e. The van der Waals surface area contributed by atoms with Gasteiger partial charge in [0.25, 0.3) is 0 Å². The van der Waals surface area contributed by atoms with Crippen molar-refractivity contribution in [3.63, 3.8) is 0 Å². The van der Waals surface area contributed by atoms with Gasteiger partial charge in [-0.15, -0.1) is 0 Å². The van der Waals surface area contributed by atoms with Crippen molar-refractivity contribution in [2.75, 3.05) is 11.9 Å². The molecular weight excluding hydrogens is 257 g/mol. The Hall–Kier alpha value is -1.93. The molecule has 1 aliphatic rings. The SMILES string of the molecule is N#Cc1c(F)cccc1NC(=O)CCC1CCCCN1. The highest BCUT2D eigenvalue weighted by Gasteiger charge is 2.15. The van der Waals surface area contributed by atoms with Crippen molar-refractivity contribution in [3.8, 4) is 6.07 Å². The third-order valence-corrected chi connectivity index (χ3v) is 3.53. The topological polar surface area (TPSA) is 64.9 Å². The number of nitrogens with one attached hydrogen (secondary N) is 2. The summed E-state index contributed by atoms with van der Waals surface area (Å²) in [6.45, 7) is 1.01. The second-order valence-electron chi connectivity index (χ2n) is 5.01. The molecule has 2 rings (SSSR count). The highest BCUT2D eigenvalue weighted by molar-refractivity contribution is 5.92. The van der Waals surface area contributed by atoms with Crippen molar-refractivity contribution < 1.29 is 9.18 Å². The third kappa shape index (κ3) is 3.78. The Morgan fingerprint density at radius 3 is 3.05 bits per heavy atom. The second kappa shape index (κ2) is 7.01. The maximum atomic E-state index is 13.4. The molecule has 106 valence electrons. The molecule has 1 heterocycles. The van der Waals surface area contributed by atoms with E-state index < -0.39 is 5.82 Å². The highest BCUT2D eigenvalue weighted by Crippen LogP contribution is 2.18. The fourth-order valence-corrected chi connectivity index (χ4v) is 2.43. The smallest absolute Gasteiger partial charge is 0.224 e. The molecule has 1 amide bonds. The Morgan fingerprint density at radius 2 is 2.35 bits per heavy atom. The fourth-order valence-electron chi connectivity index (χ4n) is 2.43. The summed E-state index contributed by atoms with van der Waals surface area (Å²) in [5.41, 5.74) is 0.130. The van der Waals surface area contributed by atoms with Crippen molar-refractivity contribution in [2.24, 2.45) is 0 Å². The number of nitrogens with zero attached hydrogens (tertiary/aromatic N) is 1. The number of benzene rings is 1. The molecule has 0 radical (unpaired) electrons. The molecule has 20 heavy (non-hydrogen) atoms. The van der Waals surface area contributed by atoms with E-state index in [0.29, 0.717) is 12.5 Å². The lowest BCUT2D eigenvalue weighted by Gasteiger charge is -2.23. The summed E-state index contributed by atoms with van der Waals surface area (Å²) in [4.78, 5) is 11.9. The van der Waals surface area contributed by atoms with E-state index in [0.717, 1.165) is 19.4 Å². The molecule has 0 spiro atoms. The number of hydrogen-bond donors (Lipinski definition) is 2. The molecule has 0 bridgehead atoms. The number of carbonyl (C=O) groups is 1. The fraction of sp³-hybridized carbons (Fsp3) is 0.467. The van der Waals surface area contributed by atoms with Crippen LogP contribution in [0, 0.1) is 17.1 Å². The summed E-state index contributed by atoms with van der Waals surface area (Å²) in [6, 6.07) is 6.39. The second-order valence-corrected chi connectivity index (χ2v) is 5.01. The molecule has 4 nitrogen and oxygen atoms in total. The van der Waals surface area contributed by atoms with E-state index in [-0.39, 0.29) is 17.2 Å². The Morgan fingerprint density at radius 1 is 1.50 bits per heavy atom. The van der Waals surface area contributed by atoms with Gasteiger partial charge in [0.1, 0.15) is 17.4 Å². The molecule has 2 N–H and O–H groups in total. The number of nitriles is 1. The van der Waals surface area contributed by atoms with E-state index in [9.17, 15) is 9.18 Å². The number of piperidine rings is 1. The van der Waals surface area contributed by atoms with Crippen molar-refractivity contribution in [1.82, 2.24) is 5.32 Å². The van der Waals surface area contributed by atoms with Gasteiger partial charge in [-0.3, -0.25) is 4.79 Å². The number of anilines is 1. The largest absolute Gasteiger partial charge is 0.325 e. The van der Waals surface area contributed by atoms with Gasteiger partial charge in [0.2, 0.25) is 5.91 Å². The summed E-state index contributed by atoms with van der Waals surface area (Å²) in [5.74, 6) is -0.793. The first-order valence-corrected chi connectivity index (χ1v) is 6.92. The molecule has 1 aromatic rings. The van der Waals surface area contributed by atoms with Crippen LogP contribution in [0.5, 0.6) is 0 Å². The van der Waals surface area contributed by atoms with Crippen molar-refractivity contribution in [3.05, 3.63) is 29.6 Å². The van der Waals surface area contributed by atoms with Crippen LogP contribution in [-0.4, -0.2) is 18.5 Å². The van der Waals surface area contributed by atoms with Gasteiger partial charge in [-0.25, -0.2) is 4.39 Å². The zero-order valence-corrected chi connectivity index (χ0v) is 11.3. The van der Waals surface area contributed by atoms with E-state index in [4.69, 9.17) is 5.26 Å². The van der Waals surface area contributed by atoms with E-state index in [2.05, 4.69) is 10.6 Å². The van der Waals surface area contributed by atoms with Gasteiger partial charge >= 0.3 is 0 Å². The molecule has 1 atom stereocenters. The number of hydrogen-bond acceptors (Lipinski definition) is 3. The molecule has 1 aliphatic heterocycles. The summed E-state index contributed by atoms with van der Waals surface area (Å²) >= 11 is 0. The van der Waals surface area contributed by atoms with Crippen LogP contribution in [0.25, 0.3) is 0 Å². The molecule has 1 unspecified atom stereocenters. The summed E-state index contributed by atoms with van der Waals surface area (Å²) in [6.07, 6.45) is 4.62. The van der Waals surface area contributed by atoms with Crippen LogP contribution in [0.15, 0.2) is 18.2 Å². The molecule has 0 aromatic heterocycles. The molecule has 5 heteroatoms. The lowest BCUT2D eigenvalue weighted by molar-refractivity contribution is -0.116. The highest BCUT2D eigenvalue weighted by atomic mass is 19.1. The van der Waals surface area contributed by atoms with Gasteiger partial charge in [-0.05, 0) is 37.9 Å². The van der Waals surface area contributed by atoms with Crippen molar-refractivity contribution >= 4 is 11.6 Å². The molecule has 1 aromatic carbocycles. The van der Waals surface area contributed by atoms with Gasteiger partial charge in [0.05, 0.1) is 5.69 Å². The number of amides is 1. The average Bonchev–Trinajstić information content (AvgIpc) is 2.46. The Balaban J connectivity index is 1.88. The lowest BCUT2D eigenvalue weighted by atomic mass is 10.0. The average molecular weight is 275 g/mol. The number of halogens is 1. The number of rotatable bonds is 4. The van der Waals surface area contributed by atoms with Crippen LogP contribution in [-0.2, 0) is 4.79 Å². The Labute approximate surface area is 118 Å². The zero-order chi connectivity index (χ0) is 14.4. The Bertz CT molecular complexity index is 518. The van der Waals surface area contributed by atoms with E-state index >= 15 is 0 Å². The third-order valence-electron chi connectivity index (χ3n) is 3.53. The van der Waals surface area contributed by atoms with E-state index in [1.165, 1.54) is 25.0 Å². The Kier molecular flexibility index (Phi) is 5.08. The van der Waals surface area contributed by atoms with E-state index in [1.54, 1.807) is 12.1 Å². The summed E-state index contributed by atoms with van der Waals surface area (Å²) < 4.78 is 13.4. The van der Waals surface area contributed by atoms with Crippen molar-refractivity contribution in [1.29, 1.82) is 5.26 Å². The molecule has 0 saturated carbocycles. The lowest BCUT2D eigenvalue weighted by Crippen LogP contribution is -2.34. The first-order valence-electron chi connectivity index (χ1n) is 6.92. The van der Waals surface area contributed by atoms with Crippen LogP contribution in [0.2, 0.25) is 0 Å². The minimum atomic E-state index is -0.612. The van der Waals surface area contributed by atoms with Crippen LogP contribution in [0.3, 0.4) is 0 Å². The first kappa shape index (κ1) is 14.5. The van der Waals surface area contributed by atoms with Gasteiger partial charge in [0.15, 0.2) is 0 Å². The first-order chi connectivity index (χ1) is 9.70. The summed E-state index contributed by atoms with van der Waals surface area (Å²) in [7, 11) is 0. The molecular formula is C15H18FN3O. The molecule has 1 fully saturated rings. The molecule has 0 aliphatic carbocycles. The van der Waals surface area contributed by atoms with Gasteiger partial charge in [-0.2, -0.15) is 5.26 Å². The maximum absolute atomic E-state index is 13.4. The van der Waals surface area contributed by atoms with Crippen molar-refractivity contribution in [2.45, 2.75) is 38.1 Å². The monoisotopic (exact) mass is 275 g/mol. The standard InChI is InChI=1S/C15H18FN3O/c16-13-5-3-6-14(12(13)10-17)19-15(20)8-7-11-4-1-2-9-18-11/h3,5-6,11,18H,1-2,4,7-9H2,(H,19,20). The van der Waals surface area contributed by atoms with Gasteiger partial charge < -0.3 is 10.6 Å².